The van der Waals surface area contributed by atoms with Crippen molar-refractivity contribution in [3.63, 3.8) is 0 Å². The molecule has 0 aliphatic heterocycles. The molecule has 2 nitrogen and oxygen atoms in total. The van der Waals surface area contributed by atoms with E-state index in [2.05, 4.69) is 4.98 Å². The van der Waals surface area contributed by atoms with Crippen molar-refractivity contribution in [2.24, 2.45) is 0 Å². The van der Waals surface area contributed by atoms with Crippen LogP contribution in [0.1, 0.15) is 5.56 Å². The lowest BCUT2D eigenvalue weighted by atomic mass is 10.0. The smallest absolute Gasteiger partial charge is 0.149 e. The van der Waals surface area contributed by atoms with Crippen LogP contribution in [0, 0.1) is 12.7 Å². The van der Waals surface area contributed by atoms with Gasteiger partial charge in [-0.25, -0.2) is 4.39 Å². The predicted octanol–water partition coefficient (Wildman–Crippen LogP) is 2.90. The molecule has 0 saturated carbocycles. The molecule has 0 radical (unpaired) electrons. The first kappa shape index (κ1) is 9.65. The minimum absolute atomic E-state index is 0.216. The molecular formula is C12H10FNO. The van der Waals surface area contributed by atoms with Crippen LogP contribution in [0.15, 0.2) is 36.7 Å². The number of hydrogen-bond acceptors (Lipinski definition) is 2. The van der Waals surface area contributed by atoms with E-state index in [4.69, 9.17) is 0 Å². The highest BCUT2D eigenvalue weighted by molar-refractivity contribution is 5.65. The fourth-order valence-corrected chi connectivity index (χ4v) is 1.43. The Hall–Kier alpha value is -1.90. The molecule has 76 valence electrons. The van der Waals surface area contributed by atoms with Crippen molar-refractivity contribution in [1.82, 2.24) is 4.98 Å². The van der Waals surface area contributed by atoms with Gasteiger partial charge in [0, 0.05) is 11.8 Å². The van der Waals surface area contributed by atoms with E-state index in [1.165, 1.54) is 6.20 Å². The number of aromatic nitrogens is 1. The molecule has 0 atom stereocenters. The van der Waals surface area contributed by atoms with Gasteiger partial charge in [-0.1, -0.05) is 6.07 Å². The molecule has 2 aromatic rings. The molecule has 1 heterocycles. The molecule has 1 aromatic carbocycles. The zero-order chi connectivity index (χ0) is 10.8. The summed E-state index contributed by atoms with van der Waals surface area (Å²) in [4.78, 5) is 3.69. The third-order valence-electron chi connectivity index (χ3n) is 2.28. The van der Waals surface area contributed by atoms with E-state index in [0.717, 1.165) is 11.1 Å². The standard InChI is InChI=1S/C12H10FNO/c1-8-6-9(2-3-12(8)15)10-4-5-14-7-11(10)13/h2-7,15H,1H3. The molecule has 0 fully saturated rings. The van der Waals surface area contributed by atoms with Crippen LogP contribution in [0.2, 0.25) is 0 Å². The van der Waals surface area contributed by atoms with Crippen LogP contribution in [0.5, 0.6) is 5.75 Å². The Bertz CT molecular complexity index is 497. The molecule has 0 spiro atoms. The molecule has 0 bridgehead atoms. The highest BCUT2D eigenvalue weighted by Gasteiger charge is 2.05. The lowest BCUT2D eigenvalue weighted by Gasteiger charge is -2.05. The third kappa shape index (κ3) is 1.81. The van der Waals surface area contributed by atoms with Gasteiger partial charge in [0.25, 0.3) is 0 Å². The van der Waals surface area contributed by atoms with Gasteiger partial charge in [-0.05, 0) is 36.2 Å². The molecule has 0 saturated heterocycles. The van der Waals surface area contributed by atoms with Crippen molar-refractivity contribution in [3.8, 4) is 16.9 Å². The minimum Gasteiger partial charge on any atom is -0.508 e. The van der Waals surface area contributed by atoms with Gasteiger partial charge < -0.3 is 5.11 Å². The Morgan fingerprint density at radius 1 is 1.27 bits per heavy atom. The first-order valence-corrected chi connectivity index (χ1v) is 4.58. The number of hydrogen-bond donors (Lipinski definition) is 1. The third-order valence-corrected chi connectivity index (χ3v) is 2.28. The van der Waals surface area contributed by atoms with Gasteiger partial charge in [-0.15, -0.1) is 0 Å². The monoisotopic (exact) mass is 203 g/mol. The number of aryl methyl sites for hydroxylation is 1. The van der Waals surface area contributed by atoms with Crippen molar-refractivity contribution < 1.29 is 9.50 Å². The Morgan fingerprint density at radius 3 is 2.73 bits per heavy atom. The van der Waals surface area contributed by atoms with Gasteiger partial charge in [0.1, 0.15) is 11.6 Å². The van der Waals surface area contributed by atoms with Gasteiger partial charge in [0.15, 0.2) is 0 Å². The highest BCUT2D eigenvalue weighted by atomic mass is 19.1. The van der Waals surface area contributed by atoms with Crippen LogP contribution in [0.3, 0.4) is 0 Å². The van der Waals surface area contributed by atoms with Crippen LogP contribution in [0.4, 0.5) is 4.39 Å². The summed E-state index contributed by atoms with van der Waals surface area (Å²) < 4.78 is 13.4. The Morgan fingerprint density at radius 2 is 2.07 bits per heavy atom. The molecular weight excluding hydrogens is 193 g/mol. The van der Waals surface area contributed by atoms with Crippen molar-refractivity contribution in [2.75, 3.05) is 0 Å². The first-order valence-electron chi connectivity index (χ1n) is 4.58. The maximum absolute atomic E-state index is 13.4. The molecule has 2 rings (SSSR count). The molecule has 1 N–H and O–H groups in total. The van der Waals surface area contributed by atoms with E-state index in [1.807, 2.05) is 0 Å². The largest absolute Gasteiger partial charge is 0.508 e. The number of phenols is 1. The number of pyridine rings is 1. The first-order chi connectivity index (χ1) is 7.18. The summed E-state index contributed by atoms with van der Waals surface area (Å²) in [5.74, 6) is -0.143. The average molecular weight is 203 g/mol. The number of nitrogens with zero attached hydrogens (tertiary/aromatic N) is 1. The Balaban J connectivity index is 2.55. The Labute approximate surface area is 87.0 Å². The van der Waals surface area contributed by atoms with Gasteiger partial charge in [0.2, 0.25) is 0 Å². The van der Waals surface area contributed by atoms with Gasteiger partial charge in [0.05, 0.1) is 6.20 Å². The summed E-state index contributed by atoms with van der Waals surface area (Å²) in [7, 11) is 0. The fourth-order valence-electron chi connectivity index (χ4n) is 1.43. The van der Waals surface area contributed by atoms with Crippen LogP contribution in [0.25, 0.3) is 11.1 Å². The van der Waals surface area contributed by atoms with Gasteiger partial charge >= 0.3 is 0 Å². The molecule has 0 amide bonds. The number of benzene rings is 1. The number of halogens is 1. The second-order valence-electron chi connectivity index (χ2n) is 3.36. The van der Waals surface area contributed by atoms with Gasteiger partial charge in [-0.2, -0.15) is 0 Å². The van der Waals surface area contributed by atoms with E-state index in [9.17, 15) is 9.50 Å². The summed E-state index contributed by atoms with van der Waals surface area (Å²) in [6, 6.07) is 6.60. The van der Waals surface area contributed by atoms with Crippen LogP contribution < -0.4 is 0 Å². The molecule has 15 heavy (non-hydrogen) atoms. The van der Waals surface area contributed by atoms with Crippen molar-refractivity contribution in [3.05, 3.63) is 48.0 Å². The topological polar surface area (TPSA) is 33.1 Å². The summed E-state index contributed by atoms with van der Waals surface area (Å²) in [5.41, 5.74) is 1.96. The van der Waals surface area contributed by atoms with Crippen LogP contribution in [-0.4, -0.2) is 10.1 Å². The maximum Gasteiger partial charge on any atom is 0.149 e. The summed E-state index contributed by atoms with van der Waals surface area (Å²) in [5, 5.41) is 9.35. The van der Waals surface area contributed by atoms with E-state index < -0.39 is 0 Å². The number of phenolic OH excluding ortho intramolecular Hbond substituents is 1. The zero-order valence-electron chi connectivity index (χ0n) is 8.24. The molecule has 0 aliphatic rings. The SMILES string of the molecule is Cc1cc(-c2ccncc2F)ccc1O. The number of rotatable bonds is 1. The minimum atomic E-state index is -0.359. The van der Waals surface area contributed by atoms with Crippen molar-refractivity contribution >= 4 is 0 Å². The molecule has 1 aromatic heterocycles. The van der Waals surface area contributed by atoms with E-state index in [0.29, 0.717) is 5.56 Å². The lowest BCUT2D eigenvalue weighted by Crippen LogP contribution is -1.86. The molecule has 3 heteroatoms. The van der Waals surface area contributed by atoms with E-state index in [1.54, 1.807) is 37.4 Å². The summed E-state index contributed by atoms with van der Waals surface area (Å²) in [6.45, 7) is 1.78. The highest BCUT2D eigenvalue weighted by Crippen LogP contribution is 2.26. The maximum atomic E-state index is 13.4. The summed E-state index contributed by atoms with van der Waals surface area (Å²) in [6.07, 6.45) is 2.72. The second-order valence-corrected chi connectivity index (χ2v) is 3.36. The average Bonchev–Trinajstić information content (AvgIpc) is 2.23. The normalized spacial score (nSPS) is 10.3. The number of aromatic hydroxyl groups is 1. The predicted molar refractivity (Wildman–Crippen MR) is 56.0 cm³/mol. The van der Waals surface area contributed by atoms with Crippen LogP contribution >= 0.6 is 0 Å². The fraction of sp³-hybridized carbons (Fsp3) is 0.0833. The Kier molecular flexibility index (Phi) is 2.37. The van der Waals surface area contributed by atoms with Gasteiger partial charge in [-0.3, -0.25) is 4.98 Å². The van der Waals surface area contributed by atoms with Crippen LogP contribution in [-0.2, 0) is 0 Å². The van der Waals surface area contributed by atoms with Crippen molar-refractivity contribution in [1.29, 1.82) is 0 Å². The molecule has 0 unspecified atom stereocenters. The van der Waals surface area contributed by atoms with Crippen molar-refractivity contribution in [2.45, 2.75) is 6.92 Å². The summed E-state index contributed by atoms with van der Waals surface area (Å²) >= 11 is 0. The second kappa shape index (κ2) is 3.69. The van der Waals surface area contributed by atoms with E-state index >= 15 is 0 Å². The molecule has 0 aliphatic carbocycles. The quantitative estimate of drug-likeness (QED) is 0.773. The van der Waals surface area contributed by atoms with E-state index in [-0.39, 0.29) is 11.6 Å². The lowest BCUT2D eigenvalue weighted by molar-refractivity contribution is 0.471. The zero-order valence-corrected chi connectivity index (χ0v) is 8.24.